The van der Waals surface area contributed by atoms with Crippen LogP contribution in [0.5, 0.6) is 0 Å². The fourth-order valence-electron chi connectivity index (χ4n) is 4.62. The zero-order valence-electron chi connectivity index (χ0n) is 16.7. The van der Waals surface area contributed by atoms with Gasteiger partial charge in [-0.15, -0.1) is 0 Å². The minimum absolute atomic E-state index is 0.00997. The lowest BCUT2D eigenvalue weighted by Gasteiger charge is -2.58. The molecule has 0 unspecified atom stereocenters. The summed E-state index contributed by atoms with van der Waals surface area (Å²) in [5.41, 5.74) is 2.66. The highest BCUT2D eigenvalue weighted by molar-refractivity contribution is 5.97. The van der Waals surface area contributed by atoms with Crippen LogP contribution < -0.4 is 0 Å². The van der Waals surface area contributed by atoms with Crippen LogP contribution in [-0.2, 0) is 4.79 Å². The molecule has 1 saturated carbocycles. The molecule has 0 bridgehead atoms. The molecule has 2 saturated heterocycles. The van der Waals surface area contributed by atoms with Gasteiger partial charge in [-0.3, -0.25) is 9.59 Å². The second kappa shape index (κ2) is 7.62. The Hall–Kier alpha value is -3.10. The number of carbonyl (C=O) groups excluding carboxylic acids is 2. The van der Waals surface area contributed by atoms with Gasteiger partial charge in [0.05, 0.1) is 18.7 Å². The molecule has 2 aromatic carbocycles. The Labute approximate surface area is 176 Å². The predicted molar refractivity (Wildman–Crippen MR) is 113 cm³/mol. The van der Waals surface area contributed by atoms with Crippen molar-refractivity contribution in [2.45, 2.75) is 30.8 Å². The molecule has 30 heavy (non-hydrogen) atoms. The van der Waals surface area contributed by atoms with Crippen LogP contribution in [0, 0.1) is 17.8 Å². The fraction of sp³-hybridized carbons (Fsp3) is 0.360. The summed E-state index contributed by atoms with van der Waals surface area (Å²) in [5, 5.41) is 9.94. The number of benzene rings is 2. The summed E-state index contributed by atoms with van der Waals surface area (Å²) in [4.78, 5) is 29.0. The molecule has 152 valence electrons. The van der Waals surface area contributed by atoms with Crippen LogP contribution >= 0.6 is 0 Å². The van der Waals surface area contributed by atoms with Crippen molar-refractivity contribution in [1.82, 2.24) is 9.80 Å². The first-order valence-electron chi connectivity index (χ1n) is 10.5. The Bertz CT molecular complexity index is 1020. The number of aliphatic hydroxyl groups is 1. The van der Waals surface area contributed by atoms with E-state index in [1.54, 1.807) is 21.9 Å². The number of aliphatic hydroxyl groups excluding tert-OH is 1. The van der Waals surface area contributed by atoms with Gasteiger partial charge in [0, 0.05) is 29.5 Å². The molecule has 3 fully saturated rings. The van der Waals surface area contributed by atoms with Crippen molar-refractivity contribution in [3.63, 3.8) is 0 Å². The number of nitrogens with zero attached hydrogens (tertiary/aromatic N) is 2. The van der Waals surface area contributed by atoms with E-state index in [4.69, 9.17) is 0 Å². The molecule has 2 aliphatic heterocycles. The molecule has 2 aromatic rings. The van der Waals surface area contributed by atoms with Crippen LogP contribution in [0.15, 0.2) is 54.6 Å². The zero-order chi connectivity index (χ0) is 20.7. The van der Waals surface area contributed by atoms with Crippen molar-refractivity contribution in [3.8, 4) is 11.8 Å². The number of hydrogen-bond acceptors (Lipinski definition) is 3. The summed E-state index contributed by atoms with van der Waals surface area (Å²) in [6.07, 6.45) is 2.41. The maximum atomic E-state index is 12.9. The molecule has 0 radical (unpaired) electrons. The lowest BCUT2D eigenvalue weighted by atomic mass is 9.73. The molecule has 1 aliphatic carbocycles. The number of piperazine rings is 1. The lowest BCUT2D eigenvalue weighted by Crippen LogP contribution is -2.73. The van der Waals surface area contributed by atoms with Gasteiger partial charge in [0.1, 0.15) is 6.54 Å². The minimum Gasteiger partial charge on any atom is -0.394 e. The van der Waals surface area contributed by atoms with Crippen LogP contribution in [0.1, 0.15) is 40.2 Å². The third-order valence-corrected chi connectivity index (χ3v) is 6.35. The van der Waals surface area contributed by atoms with Crippen LogP contribution in [0.25, 0.3) is 0 Å². The summed E-state index contributed by atoms with van der Waals surface area (Å²) in [6, 6.07) is 16.8. The summed E-state index contributed by atoms with van der Waals surface area (Å²) in [7, 11) is 0. The summed E-state index contributed by atoms with van der Waals surface area (Å²) < 4.78 is 0. The number of fused-ring (bicyclic) bond motifs is 1. The highest BCUT2D eigenvalue weighted by Crippen LogP contribution is 2.43. The number of hydrogen-bond donors (Lipinski definition) is 1. The normalized spacial score (nSPS) is 25.1. The molecule has 2 amide bonds. The molecule has 5 nitrogen and oxygen atoms in total. The van der Waals surface area contributed by atoms with Crippen LogP contribution in [-0.4, -0.2) is 58.5 Å². The molecule has 1 N–H and O–H groups in total. The predicted octanol–water partition coefficient (Wildman–Crippen LogP) is 2.26. The van der Waals surface area contributed by atoms with E-state index < -0.39 is 0 Å². The minimum atomic E-state index is -0.236. The Morgan fingerprint density at radius 1 is 1.07 bits per heavy atom. The second-order valence-electron chi connectivity index (χ2n) is 8.36. The Morgan fingerprint density at radius 3 is 2.47 bits per heavy atom. The highest BCUT2D eigenvalue weighted by Gasteiger charge is 2.54. The third kappa shape index (κ3) is 3.38. The number of carbonyl (C=O) groups is 2. The van der Waals surface area contributed by atoms with Gasteiger partial charge in [-0.1, -0.05) is 42.2 Å². The van der Waals surface area contributed by atoms with E-state index in [2.05, 4.69) is 11.8 Å². The van der Waals surface area contributed by atoms with Gasteiger partial charge in [0.15, 0.2) is 0 Å². The molecule has 3 atom stereocenters. The monoisotopic (exact) mass is 400 g/mol. The van der Waals surface area contributed by atoms with Gasteiger partial charge in [0.2, 0.25) is 5.91 Å². The van der Waals surface area contributed by atoms with Gasteiger partial charge >= 0.3 is 0 Å². The van der Waals surface area contributed by atoms with E-state index in [9.17, 15) is 14.7 Å². The Balaban J connectivity index is 1.36. The van der Waals surface area contributed by atoms with Gasteiger partial charge in [-0.2, -0.15) is 0 Å². The van der Waals surface area contributed by atoms with Crippen LogP contribution in [0.4, 0.5) is 0 Å². The van der Waals surface area contributed by atoms with E-state index in [0.717, 1.165) is 11.1 Å². The molecule has 5 rings (SSSR count). The van der Waals surface area contributed by atoms with E-state index in [0.29, 0.717) is 18.0 Å². The van der Waals surface area contributed by atoms with Gasteiger partial charge in [-0.05, 0) is 42.7 Å². The molecular weight excluding hydrogens is 376 g/mol. The molecule has 3 aliphatic rings. The van der Waals surface area contributed by atoms with Crippen LogP contribution in [0.2, 0.25) is 0 Å². The summed E-state index contributed by atoms with van der Waals surface area (Å²) in [6.45, 7) is 0.454. The third-order valence-electron chi connectivity index (χ3n) is 6.35. The van der Waals surface area contributed by atoms with E-state index in [1.165, 1.54) is 12.8 Å². The second-order valence-corrected chi connectivity index (χ2v) is 8.36. The maximum Gasteiger partial charge on any atom is 0.254 e. The van der Waals surface area contributed by atoms with E-state index >= 15 is 0 Å². The van der Waals surface area contributed by atoms with Crippen molar-refractivity contribution in [1.29, 1.82) is 0 Å². The van der Waals surface area contributed by atoms with Gasteiger partial charge in [0.25, 0.3) is 5.91 Å². The van der Waals surface area contributed by atoms with Crippen LogP contribution in [0.3, 0.4) is 0 Å². The molecule has 0 aromatic heterocycles. The molecule has 2 heterocycles. The first kappa shape index (κ1) is 18.9. The largest absolute Gasteiger partial charge is 0.394 e. The topological polar surface area (TPSA) is 60.9 Å². The van der Waals surface area contributed by atoms with Crippen molar-refractivity contribution in [2.24, 2.45) is 5.92 Å². The number of rotatable bonds is 3. The van der Waals surface area contributed by atoms with Crippen molar-refractivity contribution in [3.05, 3.63) is 71.3 Å². The summed E-state index contributed by atoms with van der Waals surface area (Å²) in [5.74, 6) is 6.83. The van der Waals surface area contributed by atoms with Crippen molar-refractivity contribution >= 4 is 11.8 Å². The Morgan fingerprint density at radius 2 is 1.80 bits per heavy atom. The van der Waals surface area contributed by atoms with Crippen molar-refractivity contribution in [2.75, 3.05) is 19.7 Å². The zero-order valence-corrected chi connectivity index (χ0v) is 16.7. The summed E-state index contributed by atoms with van der Waals surface area (Å²) >= 11 is 0. The average Bonchev–Trinajstić information content (AvgIpc) is 3.59. The van der Waals surface area contributed by atoms with E-state index in [-0.39, 0.29) is 43.0 Å². The fourth-order valence-corrected chi connectivity index (χ4v) is 4.62. The van der Waals surface area contributed by atoms with Crippen molar-refractivity contribution < 1.29 is 14.7 Å². The smallest absolute Gasteiger partial charge is 0.254 e. The highest BCUT2D eigenvalue weighted by atomic mass is 16.3. The number of amides is 2. The van der Waals surface area contributed by atoms with Gasteiger partial charge < -0.3 is 14.9 Å². The van der Waals surface area contributed by atoms with E-state index in [1.807, 2.05) is 42.5 Å². The lowest BCUT2D eigenvalue weighted by molar-refractivity contribution is -0.159. The average molecular weight is 400 g/mol. The standard InChI is InChI=1S/C25H24N2O3/c28-16-22-24(19-12-10-18(11-13-19)9-8-17-6-7-17)21-14-26(15-23(29)27(21)22)25(30)20-4-2-1-3-5-20/h1-5,10-13,17,21-22,24,28H,6-7,14-16H2/t21-,22+,24-/m1/s1. The molecule has 5 heteroatoms. The van der Waals surface area contributed by atoms with Gasteiger partial charge in [-0.25, -0.2) is 0 Å². The SMILES string of the molecule is O=C(c1ccccc1)N1CC(=O)N2[C@H](C1)[C@@H](c1ccc(C#CC3CC3)cc1)[C@@H]2CO. The Kier molecular flexibility index (Phi) is 4.80. The molecule has 0 spiro atoms. The maximum absolute atomic E-state index is 12.9. The first-order valence-corrected chi connectivity index (χ1v) is 10.5. The molecular formula is C25H24N2O3. The quantitative estimate of drug-likeness (QED) is 0.804. The first-order chi connectivity index (χ1) is 14.7.